The highest BCUT2D eigenvalue weighted by atomic mass is 16.5. The number of amides is 1. The fourth-order valence-corrected chi connectivity index (χ4v) is 2.82. The zero-order valence-electron chi connectivity index (χ0n) is 12.5. The molecule has 5 nitrogen and oxygen atoms in total. The van der Waals surface area contributed by atoms with Crippen LogP contribution in [-0.2, 0) is 9.53 Å². The molecule has 1 aliphatic rings. The number of rotatable bonds is 3. The summed E-state index contributed by atoms with van der Waals surface area (Å²) in [5.74, 6) is -0.490. The van der Waals surface area contributed by atoms with Crippen LogP contribution in [0.3, 0.4) is 0 Å². The van der Waals surface area contributed by atoms with Gasteiger partial charge in [0.1, 0.15) is 6.04 Å². The highest BCUT2D eigenvalue weighted by molar-refractivity contribution is 6.08. The van der Waals surface area contributed by atoms with E-state index in [4.69, 9.17) is 9.15 Å². The molecule has 0 aliphatic carbocycles. The van der Waals surface area contributed by atoms with E-state index in [1.807, 2.05) is 32.0 Å². The number of nitrogens with zero attached hydrogens (tertiary/aromatic N) is 1. The lowest BCUT2D eigenvalue weighted by Gasteiger charge is -2.28. The maximum absolute atomic E-state index is 12.9. The molecule has 5 heteroatoms. The highest BCUT2D eigenvalue weighted by Gasteiger charge is 2.38. The second-order valence-electron chi connectivity index (χ2n) is 5.36. The Balaban J connectivity index is 2.11. The van der Waals surface area contributed by atoms with Crippen molar-refractivity contribution in [2.24, 2.45) is 0 Å². The van der Waals surface area contributed by atoms with Gasteiger partial charge in [-0.2, -0.15) is 0 Å². The van der Waals surface area contributed by atoms with Crippen molar-refractivity contribution >= 4 is 17.6 Å². The van der Waals surface area contributed by atoms with E-state index in [1.54, 1.807) is 12.1 Å². The fourth-order valence-electron chi connectivity index (χ4n) is 2.82. The second-order valence-corrected chi connectivity index (χ2v) is 5.36. The summed E-state index contributed by atoms with van der Waals surface area (Å²) in [5.41, 5.74) is 2.60. The summed E-state index contributed by atoms with van der Waals surface area (Å²) in [6.45, 7) is 4.17. The van der Waals surface area contributed by atoms with Crippen LogP contribution >= 0.6 is 0 Å². The largest absolute Gasteiger partial charge is 0.464 e. The number of benzene rings is 1. The van der Waals surface area contributed by atoms with Gasteiger partial charge in [-0.25, -0.2) is 4.79 Å². The van der Waals surface area contributed by atoms with Crippen LogP contribution < -0.4 is 4.90 Å². The quantitative estimate of drug-likeness (QED) is 0.818. The first-order chi connectivity index (χ1) is 10.6. The third-order valence-electron chi connectivity index (χ3n) is 3.85. The molecule has 22 heavy (non-hydrogen) atoms. The molecule has 0 N–H and O–H groups in total. The molecule has 1 amide bonds. The van der Waals surface area contributed by atoms with Crippen LogP contribution in [-0.4, -0.2) is 24.5 Å². The Labute approximate surface area is 128 Å². The Kier molecular flexibility index (Phi) is 3.71. The van der Waals surface area contributed by atoms with E-state index < -0.39 is 6.04 Å². The molecule has 1 aromatic heterocycles. The van der Waals surface area contributed by atoms with Crippen LogP contribution in [0.25, 0.3) is 0 Å². The molecule has 2 aromatic rings. The van der Waals surface area contributed by atoms with E-state index in [-0.39, 0.29) is 17.6 Å². The monoisotopic (exact) mass is 299 g/mol. The molecule has 1 aliphatic heterocycles. The summed E-state index contributed by atoms with van der Waals surface area (Å²) in [6.07, 6.45) is 1.93. The van der Waals surface area contributed by atoms with Crippen molar-refractivity contribution in [1.82, 2.24) is 0 Å². The number of para-hydroxylation sites is 1. The fraction of sp³-hybridized carbons (Fsp3) is 0.294. The Morgan fingerprint density at radius 1 is 1.18 bits per heavy atom. The maximum atomic E-state index is 12.9. The Hall–Kier alpha value is -2.56. The molecule has 114 valence electrons. The predicted octanol–water partition coefficient (Wildman–Crippen LogP) is 2.86. The first kappa shape index (κ1) is 14.4. The number of cyclic esters (lactones) is 1. The summed E-state index contributed by atoms with van der Waals surface area (Å²) in [6, 6.07) is 8.41. The van der Waals surface area contributed by atoms with E-state index in [0.717, 1.165) is 16.8 Å². The van der Waals surface area contributed by atoms with Gasteiger partial charge < -0.3 is 9.15 Å². The predicted molar refractivity (Wildman–Crippen MR) is 80.8 cm³/mol. The number of aryl methyl sites for hydroxylation is 2. The summed E-state index contributed by atoms with van der Waals surface area (Å²) in [7, 11) is 0. The van der Waals surface area contributed by atoms with Crippen molar-refractivity contribution in [3.8, 4) is 0 Å². The first-order valence-electron chi connectivity index (χ1n) is 7.19. The Morgan fingerprint density at radius 2 is 1.91 bits per heavy atom. The van der Waals surface area contributed by atoms with Crippen LogP contribution in [0.1, 0.15) is 28.1 Å². The van der Waals surface area contributed by atoms with Gasteiger partial charge in [0, 0.05) is 6.42 Å². The first-order valence-corrected chi connectivity index (χ1v) is 7.19. The minimum Gasteiger partial charge on any atom is -0.464 e. The second kappa shape index (κ2) is 5.67. The highest BCUT2D eigenvalue weighted by Crippen LogP contribution is 2.31. The molecular formula is C17H17NO4. The number of carbonyl (C=O) groups is 2. The van der Waals surface area contributed by atoms with Gasteiger partial charge in [0.05, 0.1) is 18.6 Å². The Morgan fingerprint density at radius 3 is 2.45 bits per heavy atom. The van der Waals surface area contributed by atoms with E-state index in [0.29, 0.717) is 13.0 Å². The van der Waals surface area contributed by atoms with Crippen molar-refractivity contribution in [2.45, 2.75) is 26.3 Å². The van der Waals surface area contributed by atoms with Crippen LogP contribution in [0.15, 0.2) is 41.0 Å². The molecule has 0 saturated carbocycles. The van der Waals surface area contributed by atoms with Gasteiger partial charge in [-0.15, -0.1) is 0 Å². The van der Waals surface area contributed by atoms with E-state index >= 15 is 0 Å². The maximum Gasteiger partial charge on any atom is 0.329 e. The summed E-state index contributed by atoms with van der Waals surface area (Å²) in [5, 5.41) is 0. The van der Waals surface area contributed by atoms with Crippen molar-refractivity contribution in [3.05, 3.63) is 53.5 Å². The van der Waals surface area contributed by atoms with Gasteiger partial charge >= 0.3 is 5.97 Å². The number of anilines is 1. The molecule has 3 rings (SSSR count). The lowest BCUT2D eigenvalue weighted by atomic mass is 10.0. The number of carbonyl (C=O) groups excluding carboxylic acids is 2. The van der Waals surface area contributed by atoms with Crippen LogP contribution in [0, 0.1) is 13.8 Å². The molecule has 1 unspecified atom stereocenters. The number of hydrogen-bond donors (Lipinski definition) is 0. The third-order valence-corrected chi connectivity index (χ3v) is 3.85. The van der Waals surface area contributed by atoms with Gasteiger partial charge in [-0.3, -0.25) is 9.69 Å². The number of furan rings is 1. The van der Waals surface area contributed by atoms with Crippen molar-refractivity contribution in [2.75, 3.05) is 11.5 Å². The molecule has 0 bridgehead atoms. The molecule has 1 aromatic carbocycles. The van der Waals surface area contributed by atoms with Gasteiger partial charge in [0.25, 0.3) is 5.91 Å². The topological polar surface area (TPSA) is 59.8 Å². The summed E-state index contributed by atoms with van der Waals surface area (Å²) in [4.78, 5) is 26.4. The molecule has 1 saturated heterocycles. The lowest BCUT2D eigenvalue weighted by molar-refractivity contribution is -0.139. The van der Waals surface area contributed by atoms with E-state index in [9.17, 15) is 9.59 Å². The van der Waals surface area contributed by atoms with E-state index in [1.165, 1.54) is 11.2 Å². The minimum absolute atomic E-state index is 0.211. The zero-order valence-corrected chi connectivity index (χ0v) is 12.5. The molecule has 1 atom stereocenters. The van der Waals surface area contributed by atoms with Crippen LogP contribution in [0.5, 0.6) is 0 Å². The number of ether oxygens (including phenoxy) is 1. The van der Waals surface area contributed by atoms with Gasteiger partial charge in [0.15, 0.2) is 5.76 Å². The molecule has 1 fully saturated rings. The SMILES string of the molecule is Cc1cccc(C)c1N(C(=O)c1ccco1)C1CCOC1=O. The number of esters is 1. The van der Waals surface area contributed by atoms with Crippen molar-refractivity contribution < 1.29 is 18.7 Å². The number of hydrogen-bond acceptors (Lipinski definition) is 4. The Bertz CT molecular complexity index is 685. The minimum atomic E-state index is -0.614. The lowest BCUT2D eigenvalue weighted by Crippen LogP contribution is -2.44. The normalized spacial score (nSPS) is 17.4. The van der Waals surface area contributed by atoms with Gasteiger partial charge in [-0.05, 0) is 37.1 Å². The van der Waals surface area contributed by atoms with Crippen LogP contribution in [0.2, 0.25) is 0 Å². The third kappa shape index (κ3) is 2.39. The van der Waals surface area contributed by atoms with Crippen LogP contribution in [0.4, 0.5) is 5.69 Å². The van der Waals surface area contributed by atoms with Crippen molar-refractivity contribution in [3.63, 3.8) is 0 Å². The summed E-state index contributed by atoms with van der Waals surface area (Å²) >= 11 is 0. The van der Waals surface area contributed by atoms with Gasteiger partial charge in [0.2, 0.25) is 0 Å². The average Bonchev–Trinajstić information content (AvgIpc) is 3.14. The smallest absolute Gasteiger partial charge is 0.329 e. The van der Waals surface area contributed by atoms with E-state index in [2.05, 4.69) is 0 Å². The zero-order chi connectivity index (χ0) is 15.7. The van der Waals surface area contributed by atoms with Gasteiger partial charge in [-0.1, -0.05) is 18.2 Å². The molecular weight excluding hydrogens is 282 g/mol. The average molecular weight is 299 g/mol. The standard InChI is InChI=1S/C17H17NO4/c1-11-5-3-6-12(2)15(11)18(13-8-10-22-17(13)20)16(19)14-7-4-9-21-14/h3-7,9,13H,8,10H2,1-2H3. The summed E-state index contributed by atoms with van der Waals surface area (Å²) < 4.78 is 10.3. The molecule has 0 spiro atoms. The molecule has 0 radical (unpaired) electrons. The molecule has 2 heterocycles. The van der Waals surface area contributed by atoms with Crippen molar-refractivity contribution in [1.29, 1.82) is 0 Å².